The molecule has 0 aromatic carbocycles. The standard InChI is InChI=1S/C34H58O21/c35-8-12-4-19(24(42)27(45)23(12)41)49-17-5-13(38)6-18-14(17)7-20(31(50-18)11-1-2-15(39)16(40)3-11)54-55-34-32(29(47)26(44)22(10-37)52-34)53-33-30(48)28(46)25(43)21(9-36)51-33/h11-48H,1-10H2/p+1. The van der Waals surface area contributed by atoms with E-state index in [0.717, 1.165) is 0 Å². The Balaban J connectivity index is 1.23. The van der Waals surface area contributed by atoms with Crippen molar-refractivity contribution in [2.75, 3.05) is 19.8 Å². The average Bonchev–Trinajstić information content (AvgIpc) is 3.17. The van der Waals surface area contributed by atoms with Crippen LogP contribution in [0.2, 0.25) is 0 Å². The van der Waals surface area contributed by atoms with Gasteiger partial charge in [-0.3, -0.25) is 0 Å². The minimum atomic E-state index is -1.90. The van der Waals surface area contributed by atoms with E-state index in [9.17, 15) is 71.5 Å². The van der Waals surface area contributed by atoms with Crippen molar-refractivity contribution in [3.8, 4) is 0 Å². The lowest BCUT2D eigenvalue weighted by atomic mass is 9.72. The van der Waals surface area contributed by atoms with Crippen molar-refractivity contribution in [3.63, 3.8) is 0 Å². The second kappa shape index (κ2) is 18.6. The predicted molar refractivity (Wildman–Crippen MR) is 177 cm³/mol. The highest BCUT2D eigenvalue weighted by atomic mass is 17.2. The van der Waals surface area contributed by atoms with Crippen molar-refractivity contribution >= 4 is 0 Å². The van der Waals surface area contributed by atoms with Crippen molar-refractivity contribution in [2.45, 2.75) is 174 Å². The predicted octanol–water partition coefficient (Wildman–Crippen LogP) is -7.26. The molecule has 3 aliphatic heterocycles. The molecule has 15 N–H and O–H groups in total. The third kappa shape index (κ3) is 9.17. The van der Waals surface area contributed by atoms with E-state index >= 15 is 0 Å². The number of fused-ring (bicyclic) bond motifs is 1. The average molecular weight is 804 g/mol. The quantitative estimate of drug-likeness (QED) is 0.0524. The number of aliphatic hydroxyl groups excluding tert-OH is 14. The number of hydrogen-bond acceptors (Lipinski definition) is 20. The number of hydrogen-bond donors (Lipinski definition) is 14. The second-order valence-electron chi connectivity index (χ2n) is 16.0. The van der Waals surface area contributed by atoms with Crippen LogP contribution in [-0.2, 0) is 28.7 Å². The summed E-state index contributed by atoms with van der Waals surface area (Å²) < 4.78 is 28.3. The Hall–Kier alpha value is -0.840. The fourth-order valence-corrected chi connectivity index (χ4v) is 9.16. The summed E-state index contributed by atoms with van der Waals surface area (Å²) in [4.78, 5) is 11.8. The van der Waals surface area contributed by atoms with Gasteiger partial charge in [-0.2, -0.15) is 0 Å². The second-order valence-corrected chi connectivity index (χ2v) is 16.0. The highest BCUT2D eigenvalue weighted by Gasteiger charge is 2.57. The molecule has 3 saturated heterocycles. The molecule has 0 aromatic heterocycles. The maximum Gasteiger partial charge on any atom is 0.220 e. The van der Waals surface area contributed by atoms with Crippen LogP contribution in [0.25, 0.3) is 0 Å². The van der Waals surface area contributed by atoms with E-state index in [2.05, 4.69) is 0 Å². The third-order valence-electron chi connectivity index (χ3n) is 12.5. The Morgan fingerprint density at radius 2 is 1.16 bits per heavy atom. The van der Waals surface area contributed by atoms with E-state index in [1.54, 1.807) is 0 Å². The van der Waals surface area contributed by atoms with Gasteiger partial charge in [0.05, 0.1) is 55.8 Å². The lowest BCUT2D eigenvalue weighted by Crippen LogP contribution is -2.65. The molecule has 3 heterocycles. The van der Waals surface area contributed by atoms with Gasteiger partial charge in [0.15, 0.2) is 24.6 Å². The first-order valence-electron chi connectivity index (χ1n) is 19.1. The fraction of sp³-hybridized carbons (Fsp3) is 1.00. The molecule has 24 unspecified atom stereocenters. The fourth-order valence-electron chi connectivity index (χ4n) is 9.16. The van der Waals surface area contributed by atoms with Gasteiger partial charge in [-0.1, -0.05) is 0 Å². The number of ether oxygens (including phenoxy) is 5. The van der Waals surface area contributed by atoms with Crippen molar-refractivity contribution in [1.29, 1.82) is 0 Å². The zero-order chi connectivity index (χ0) is 39.9. The minimum absolute atomic E-state index is 0.0139. The SMILES string of the molecule is OCC1CC(OC2CC(O)CC3[OH+]C(C4CCC(O)C(O)C4)C(OOC4OC(CO)C(O)C(O)C4OC4OC(CO)C(O)C(O)C4O)CC23)C(O)C(O)C1O. The van der Waals surface area contributed by atoms with Gasteiger partial charge in [0, 0.05) is 31.3 Å². The summed E-state index contributed by atoms with van der Waals surface area (Å²) in [5.41, 5.74) is 0. The normalized spacial score (nSPS) is 53.8. The van der Waals surface area contributed by atoms with E-state index in [0.29, 0.717) is 6.42 Å². The number of rotatable bonds is 11. The third-order valence-corrected chi connectivity index (χ3v) is 12.5. The molecule has 6 fully saturated rings. The summed E-state index contributed by atoms with van der Waals surface area (Å²) in [5.74, 6) is -1.61. The van der Waals surface area contributed by atoms with Gasteiger partial charge >= 0.3 is 0 Å². The van der Waals surface area contributed by atoms with Crippen LogP contribution in [0.1, 0.15) is 44.9 Å². The van der Waals surface area contributed by atoms with Crippen LogP contribution in [0.4, 0.5) is 0 Å². The van der Waals surface area contributed by atoms with Gasteiger partial charge in [-0.15, -0.1) is 0 Å². The molecule has 0 bridgehead atoms. The van der Waals surface area contributed by atoms with Crippen LogP contribution < -0.4 is 0 Å². The van der Waals surface area contributed by atoms with Crippen molar-refractivity contribution < 1.29 is 105 Å². The molecule has 21 nitrogen and oxygen atoms in total. The van der Waals surface area contributed by atoms with Crippen LogP contribution in [-0.4, -0.2) is 225 Å². The molecule has 0 radical (unpaired) electrons. The van der Waals surface area contributed by atoms with Crippen molar-refractivity contribution in [1.82, 2.24) is 0 Å². The van der Waals surface area contributed by atoms with Gasteiger partial charge in [0.25, 0.3) is 0 Å². The molecule has 320 valence electrons. The summed E-state index contributed by atoms with van der Waals surface area (Å²) in [6.45, 7) is -2.03. The molecule has 3 aliphatic carbocycles. The van der Waals surface area contributed by atoms with Gasteiger partial charge in [0.1, 0.15) is 61.0 Å². The molecule has 0 spiro atoms. The number of aliphatic hydroxyl groups is 16. The van der Waals surface area contributed by atoms with Crippen LogP contribution in [0.3, 0.4) is 0 Å². The van der Waals surface area contributed by atoms with Gasteiger partial charge in [0.2, 0.25) is 6.29 Å². The van der Waals surface area contributed by atoms with E-state index in [4.69, 9.17) is 33.5 Å². The van der Waals surface area contributed by atoms with Crippen LogP contribution in [0.15, 0.2) is 0 Å². The maximum absolute atomic E-state index is 11.1. The molecule has 6 rings (SSSR count). The summed E-state index contributed by atoms with van der Waals surface area (Å²) in [6, 6.07) is 0. The summed E-state index contributed by atoms with van der Waals surface area (Å²) >= 11 is 0. The molecular weight excluding hydrogens is 744 g/mol. The van der Waals surface area contributed by atoms with E-state index in [-0.39, 0.29) is 44.4 Å². The molecule has 3 saturated carbocycles. The first kappa shape index (κ1) is 43.7. The van der Waals surface area contributed by atoms with Crippen LogP contribution in [0.5, 0.6) is 0 Å². The topological polar surface area (TPSA) is 351 Å². The van der Waals surface area contributed by atoms with Gasteiger partial charge in [-0.05, 0) is 32.1 Å². The van der Waals surface area contributed by atoms with Crippen LogP contribution >= 0.6 is 0 Å². The molecular formula is C34H59O21+. The Morgan fingerprint density at radius 1 is 0.509 bits per heavy atom. The molecule has 0 amide bonds. The van der Waals surface area contributed by atoms with Gasteiger partial charge in [-0.25, -0.2) is 9.78 Å². The lowest BCUT2D eigenvalue weighted by Gasteiger charge is -2.49. The van der Waals surface area contributed by atoms with Gasteiger partial charge < -0.3 is 95.2 Å². The Morgan fingerprint density at radius 3 is 1.82 bits per heavy atom. The van der Waals surface area contributed by atoms with Crippen molar-refractivity contribution in [2.24, 2.45) is 17.8 Å². The summed E-state index contributed by atoms with van der Waals surface area (Å²) in [7, 11) is 0. The molecule has 21 heteroatoms. The zero-order valence-electron chi connectivity index (χ0n) is 30.1. The Kier molecular flexibility index (Phi) is 14.8. The zero-order valence-corrected chi connectivity index (χ0v) is 30.1. The monoisotopic (exact) mass is 803 g/mol. The molecule has 6 aliphatic rings. The molecule has 55 heavy (non-hydrogen) atoms. The first-order chi connectivity index (χ1) is 26.2. The summed E-state index contributed by atoms with van der Waals surface area (Å²) in [5, 5.41) is 146. The smallest absolute Gasteiger partial charge is 0.220 e. The molecule has 0 aromatic rings. The largest absolute Gasteiger partial charge is 0.427 e. The van der Waals surface area contributed by atoms with E-state index in [1.165, 1.54) is 0 Å². The Bertz CT molecular complexity index is 1200. The van der Waals surface area contributed by atoms with E-state index < -0.39 is 160 Å². The highest BCUT2D eigenvalue weighted by molar-refractivity contribution is 5.00. The minimum Gasteiger partial charge on any atom is -0.427 e. The van der Waals surface area contributed by atoms with Crippen molar-refractivity contribution in [3.05, 3.63) is 0 Å². The first-order valence-corrected chi connectivity index (χ1v) is 19.1. The lowest BCUT2D eigenvalue weighted by molar-refractivity contribution is -0.472. The highest BCUT2D eigenvalue weighted by Crippen LogP contribution is 2.44. The summed E-state index contributed by atoms with van der Waals surface area (Å²) in [6.07, 6.45) is -27.1. The Labute approximate surface area is 316 Å². The maximum atomic E-state index is 11.1. The van der Waals surface area contributed by atoms with Crippen LogP contribution in [0, 0.1) is 17.8 Å². The van der Waals surface area contributed by atoms with E-state index in [1.807, 2.05) is 0 Å². The molecule has 24 atom stereocenters.